The van der Waals surface area contributed by atoms with Gasteiger partial charge >= 0.3 is 6.43 Å². The molecule has 9 heteroatoms. The summed E-state index contributed by atoms with van der Waals surface area (Å²) in [6.07, 6.45) is -3.13. The van der Waals surface area contributed by atoms with E-state index in [1.807, 2.05) is 5.32 Å². The van der Waals surface area contributed by atoms with Crippen LogP contribution in [0.25, 0.3) is 0 Å². The molecule has 0 aliphatic carbocycles. The molecule has 0 fully saturated rings. The fourth-order valence-corrected chi connectivity index (χ4v) is 2.33. The standard InChI is InChI=1S/C10H10ClF2NO4S/c1-18-7-3-2-6(4-8(7)19(11,16)17)5-14-10(15)9(12)13/h2-4,9H,5H2,1H3,(H,14,15). The highest BCUT2D eigenvalue weighted by atomic mass is 35.7. The normalized spacial score (nSPS) is 11.4. The average Bonchev–Trinajstić information content (AvgIpc) is 2.34. The SMILES string of the molecule is COc1ccc(CNC(=O)C(F)F)cc1S(=O)(=O)Cl. The van der Waals surface area contributed by atoms with Gasteiger partial charge < -0.3 is 10.1 Å². The lowest BCUT2D eigenvalue weighted by molar-refractivity contribution is -0.131. The first-order valence-electron chi connectivity index (χ1n) is 4.93. The van der Waals surface area contributed by atoms with Crippen LogP contribution in [-0.4, -0.2) is 27.9 Å². The molecule has 1 N–H and O–H groups in total. The predicted molar refractivity (Wildman–Crippen MR) is 63.9 cm³/mol. The third kappa shape index (κ3) is 4.32. The smallest absolute Gasteiger partial charge is 0.315 e. The van der Waals surface area contributed by atoms with E-state index in [9.17, 15) is 22.0 Å². The van der Waals surface area contributed by atoms with E-state index < -0.39 is 21.4 Å². The highest BCUT2D eigenvalue weighted by Crippen LogP contribution is 2.27. The number of ether oxygens (including phenoxy) is 1. The minimum absolute atomic E-state index is 0.0268. The highest BCUT2D eigenvalue weighted by Gasteiger charge is 2.18. The maximum Gasteiger partial charge on any atom is 0.315 e. The van der Waals surface area contributed by atoms with E-state index >= 15 is 0 Å². The Kier molecular flexibility index (Phi) is 5.07. The Morgan fingerprint density at radius 2 is 2.11 bits per heavy atom. The molecule has 0 aliphatic heterocycles. The summed E-state index contributed by atoms with van der Waals surface area (Å²) in [5, 5.41) is 1.95. The van der Waals surface area contributed by atoms with Crippen molar-refractivity contribution < 1.29 is 26.7 Å². The lowest BCUT2D eigenvalue weighted by Crippen LogP contribution is -2.28. The van der Waals surface area contributed by atoms with Crippen LogP contribution in [0.1, 0.15) is 5.56 Å². The van der Waals surface area contributed by atoms with Gasteiger partial charge in [0.2, 0.25) is 0 Å². The molecule has 0 heterocycles. The largest absolute Gasteiger partial charge is 0.495 e. The van der Waals surface area contributed by atoms with E-state index in [4.69, 9.17) is 15.4 Å². The molecule has 19 heavy (non-hydrogen) atoms. The van der Waals surface area contributed by atoms with Crippen molar-refractivity contribution in [1.82, 2.24) is 5.32 Å². The van der Waals surface area contributed by atoms with Crippen molar-refractivity contribution in [2.75, 3.05) is 7.11 Å². The molecule has 0 spiro atoms. The van der Waals surface area contributed by atoms with Crippen molar-refractivity contribution in [2.24, 2.45) is 0 Å². The van der Waals surface area contributed by atoms with Gasteiger partial charge in [0.05, 0.1) is 7.11 Å². The number of carbonyl (C=O) groups excluding carboxylic acids is 1. The second kappa shape index (κ2) is 6.16. The van der Waals surface area contributed by atoms with Gasteiger partial charge in [-0.15, -0.1) is 0 Å². The van der Waals surface area contributed by atoms with Gasteiger partial charge in [-0.05, 0) is 17.7 Å². The Balaban J connectivity index is 2.97. The number of rotatable bonds is 5. The number of carbonyl (C=O) groups is 1. The number of amides is 1. The summed E-state index contributed by atoms with van der Waals surface area (Å²) in [5.41, 5.74) is 0.300. The molecule has 0 aromatic heterocycles. The molecule has 1 aromatic rings. The summed E-state index contributed by atoms with van der Waals surface area (Å²) in [4.78, 5) is 10.4. The summed E-state index contributed by atoms with van der Waals surface area (Å²) in [6.45, 7) is -0.243. The van der Waals surface area contributed by atoms with E-state index in [0.717, 1.165) is 6.07 Å². The molecule has 1 aromatic carbocycles. The monoisotopic (exact) mass is 313 g/mol. The second-order valence-corrected chi connectivity index (χ2v) is 5.98. The van der Waals surface area contributed by atoms with E-state index in [1.54, 1.807) is 0 Å². The average molecular weight is 314 g/mol. The number of alkyl halides is 2. The minimum Gasteiger partial charge on any atom is -0.495 e. The van der Waals surface area contributed by atoms with Crippen LogP contribution in [0, 0.1) is 0 Å². The number of halogens is 3. The fraction of sp³-hybridized carbons (Fsp3) is 0.300. The second-order valence-electron chi connectivity index (χ2n) is 3.44. The summed E-state index contributed by atoms with van der Waals surface area (Å²) in [7, 11) is 2.44. The van der Waals surface area contributed by atoms with Crippen molar-refractivity contribution in [1.29, 1.82) is 0 Å². The summed E-state index contributed by atoms with van der Waals surface area (Å²) < 4.78 is 51.3. The summed E-state index contributed by atoms with van der Waals surface area (Å²) in [6, 6.07) is 3.89. The summed E-state index contributed by atoms with van der Waals surface area (Å²) in [5.74, 6) is -1.41. The first-order valence-corrected chi connectivity index (χ1v) is 7.24. The van der Waals surface area contributed by atoms with Crippen LogP contribution in [0.3, 0.4) is 0 Å². The van der Waals surface area contributed by atoms with Crippen molar-refractivity contribution >= 4 is 25.6 Å². The first-order chi connectivity index (χ1) is 8.75. The fourth-order valence-electron chi connectivity index (χ4n) is 1.29. The zero-order valence-electron chi connectivity index (χ0n) is 9.69. The van der Waals surface area contributed by atoms with Crippen molar-refractivity contribution in [3.05, 3.63) is 23.8 Å². The van der Waals surface area contributed by atoms with E-state index in [2.05, 4.69) is 0 Å². The number of hydrogen-bond donors (Lipinski definition) is 1. The maximum atomic E-state index is 12.0. The molecule has 0 atom stereocenters. The Bertz CT molecular complexity index is 577. The zero-order valence-corrected chi connectivity index (χ0v) is 11.3. The van der Waals surface area contributed by atoms with Gasteiger partial charge in [0.25, 0.3) is 15.0 Å². The highest BCUT2D eigenvalue weighted by molar-refractivity contribution is 8.13. The summed E-state index contributed by atoms with van der Waals surface area (Å²) >= 11 is 0. The third-order valence-corrected chi connectivity index (χ3v) is 3.50. The molecule has 0 saturated carbocycles. The lowest BCUT2D eigenvalue weighted by atomic mass is 10.2. The molecular weight excluding hydrogens is 304 g/mol. The number of methoxy groups -OCH3 is 1. The van der Waals surface area contributed by atoms with Gasteiger partial charge in [0.1, 0.15) is 10.6 Å². The van der Waals surface area contributed by atoms with E-state index in [0.29, 0.717) is 5.56 Å². The molecule has 0 unspecified atom stereocenters. The van der Waals surface area contributed by atoms with Gasteiger partial charge in [0.15, 0.2) is 0 Å². The van der Waals surface area contributed by atoms with E-state index in [-0.39, 0.29) is 17.2 Å². The molecule has 106 valence electrons. The van der Waals surface area contributed by atoms with Crippen LogP contribution in [0.2, 0.25) is 0 Å². The van der Waals surface area contributed by atoms with Crippen molar-refractivity contribution in [3.63, 3.8) is 0 Å². The number of nitrogens with one attached hydrogen (secondary N) is 1. The van der Waals surface area contributed by atoms with E-state index in [1.165, 1.54) is 19.2 Å². The van der Waals surface area contributed by atoms with Crippen molar-refractivity contribution in [3.8, 4) is 5.75 Å². The van der Waals surface area contributed by atoms with Crippen LogP contribution >= 0.6 is 10.7 Å². The number of benzene rings is 1. The van der Waals surface area contributed by atoms with Gasteiger partial charge in [-0.2, -0.15) is 8.78 Å². The van der Waals surface area contributed by atoms with Gasteiger partial charge in [-0.3, -0.25) is 4.79 Å². The zero-order chi connectivity index (χ0) is 14.6. The first kappa shape index (κ1) is 15.6. The maximum absolute atomic E-state index is 12.0. The Morgan fingerprint density at radius 1 is 1.47 bits per heavy atom. The van der Waals surface area contributed by atoms with Gasteiger partial charge in [-0.1, -0.05) is 6.07 Å². The minimum atomic E-state index is -4.04. The molecule has 0 radical (unpaired) electrons. The molecule has 5 nitrogen and oxygen atoms in total. The third-order valence-electron chi connectivity index (χ3n) is 2.16. The molecule has 0 aliphatic rings. The Hall–Kier alpha value is -1.41. The van der Waals surface area contributed by atoms with Gasteiger partial charge in [0, 0.05) is 17.2 Å². The van der Waals surface area contributed by atoms with Crippen LogP contribution < -0.4 is 10.1 Å². The van der Waals surface area contributed by atoms with Gasteiger partial charge in [-0.25, -0.2) is 8.42 Å². The molecular formula is C10H10ClF2NO4S. The lowest BCUT2D eigenvalue weighted by Gasteiger charge is -2.09. The predicted octanol–water partition coefficient (Wildman–Crippen LogP) is 1.50. The molecule has 0 bridgehead atoms. The Morgan fingerprint density at radius 3 is 2.58 bits per heavy atom. The Labute approximate surface area is 112 Å². The molecule has 1 amide bonds. The van der Waals surface area contributed by atoms with Crippen LogP contribution in [-0.2, 0) is 20.4 Å². The number of hydrogen-bond acceptors (Lipinski definition) is 4. The van der Waals surface area contributed by atoms with Crippen molar-refractivity contribution in [2.45, 2.75) is 17.9 Å². The quantitative estimate of drug-likeness (QED) is 0.836. The van der Waals surface area contributed by atoms with Crippen LogP contribution in [0.4, 0.5) is 8.78 Å². The topological polar surface area (TPSA) is 72.5 Å². The van der Waals surface area contributed by atoms with Crippen LogP contribution in [0.15, 0.2) is 23.1 Å². The molecule has 1 rings (SSSR count). The molecule has 0 saturated heterocycles. The van der Waals surface area contributed by atoms with Crippen LogP contribution in [0.5, 0.6) is 5.75 Å².